The van der Waals surface area contributed by atoms with Crippen LogP contribution >= 0.6 is 0 Å². The van der Waals surface area contributed by atoms with E-state index in [4.69, 9.17) is 5.73 Å². The number of hydrogen-bond donors (Lipinski definition) is 2. The maximum atomic E-state index is 12.6. The molecule has 1 unspecified atom stereocenters. The van der Waals surface area contributed by atoms with E-state index < -0.39 is 29.5 Å². The standard InChI is InChI=1S/C12H14F6N2/c1-7(20-3-2-19)8-4-9(11(13,14)15)6-10(5-8)12(16,17)18/h4-7,20H,2-3,19H2,1H3. The quantitative estimate of drug-likeness (QED) is 0.837. The van der Waals surface area contributed by atoms with Crippen LogP contribution < -0.4 is 11.1 Å². The Morgan fingerprint density at radius 1 is 1.00 bits per heavy atom. The fourth-order valence-corrected chi connectivity index (χ4v) is 1.65. The first-order valence-electron chi connectivity index (χ1n) is 5.78. The van der Waals surface area contributed by atoms with Gasteiger partial charge in [-0.1, -0.05) is 0 Å². The molecule has 1 atom stereocenters. The second-order valence-electron chi connectivity index (χ2n) is 4.30. The molecular weight excluding hydrogens is 286 g/mol. The van der Waals surface area contributed by atoms with Gasteiger partial charge in [0.2, 0.25) is 0 Å². The van der Waals surface area contributed by atoms with Gasteiger partial charge in [-0.2, -0.15) is 26.3 Å². The van der Waals surface area contributed by atoms with E-state index in [0.29, 0.717) is 18.7 Å². The fourth-order valence-electron chi connectivity index (χ4n) is 1.65. The Kier molecular flexibility index (Phi) is 5.04. The van der Waals surface area contributed by atoms with Gasteiger partial charge >= 0.3 is 12.4 Å². The zero-order chi connectivity index (χ0) is 15.6. The van der Waals surface area contributed by atoms with Gasteiger partial charge in [0.25, 0.3) is 0 Å². The van der Waals surface area contributed by atoms with Crippen molar-refractivity contribution in [3.05, 3.63) is 34.9 Å². The van der Waals surface area contributed by atoms with E-state index in [1.54, 1.807) is 0 Å². The summed E-state index contributed by atoms with van der Waals surface area (Å²) >= 11 is 0. The van der Waals surface area contributed by atoms with Crippen molar-refractivity contribution in [2.45, 2.75) is 25.3 Å². The summed E-state index contributed by atoms with van der Waals surface area (Å²) < 4.78 is 75.9. The molecule has 114 valence electrons. The molecule has 0 aliphatic carbocycles. The van der Waals surface area contributed by atoms with E-state index in [-0.39, 0.29) is 18.2 Å². The predicted octanol–water partition coefficient (Wildman–Crippen LogP) is 3.33. The molecule has 1 aromatic carbocycles. The minimum atomic E-state index is -4.83. The second-order valence-corrected chi connectivity index (χ2v) is 4.30. The summed E-state index contributed by atoms with van der Waals surface area (Å²) in [5.74, 6) is 0. The monoisotopic (exact) mass is 300 g/mol. The molecule has 0 heterocycles. The number of halogens is 6. The molecule has 20 heavy (non-hydrogen) atoms. The van der Waals surface area contributed by atoms with Crippen molar-refractivity contribution in [1.82, 2.24) is 5.32 Å². The van der Waals surface area contributed by atoms with Gasteiger partial charge in [-0.05, 0) is 30.7 Å². The molecule has 3 N–H and O–H groups in total. The summed E-state index contributed by atoms with van der Waals surface area (Å²) in [5.41, 5.74) is 2.52. The average molecular weight is 300 g/mol. The number of alkyl halides is 6. The molecular formula is C12H14F6N2. The molecule has 1 aromatic rings. The Morgan fingerprint density at radius 2 is 1.45 bits per heavy atom. The Labute approximate surface area is 112 Å². The van der Waals surface area contributed by atoms with Crippen molar-refractivity contribution in [3.63, 3.8) is 0 Å². The van der Waals surface area contributed by atoms with Crippen LogP contribution in [0.4, 0.5) is 26.3 Å². The van der Waals surface area contributed by atoms with Crippen LogP contribution in [0.25, 0.3) is 0 Å². The SMILES string of the molecule is CC(NCCN)c1cc(C(F)(F)F)cc(C(F)(F)F)c1. The smallest absolute Gasteiger partial charge is 0.329 e. The van der Waals surface area contributed by atoms with Gasteiger partial charge < -0.3 is 11.1 Å². The predicted molar refractivity (Wildman–Crippen MR) is 61.9 cm³/mol. The molecule has 8 heteroatoms. The molecule has 0 aliphatic rings. The van der Waals surface area contributed by atoms with E-state index in [1.807, 2.05) is 0 Å². The van der Waals surface area contributed by atoms with Crippen LogP contribution in [-0.4, -0.2) is 13.1 Å². The van der Waals surface area contributed by atoms with Gasteiger partial charge in [-0.15, -0.1) is 0 Å². The highest BCUT2D eigenvalue weighted by Gasteiger charge is 2.37. The molecule has 1 rings (SSSR count). The lowest BCUT2D eigenvalue weighted by Gasteiger charge is -2.18. The third-order valence-electron chi connectivity index (χ3n) is 2.70. The molecule has 0 aliphatic heterocycles. The van der Waals surface area contributed by atoms with Crippen molar-refractivity contribution in [1.29, 1.82) is 0 Å². The largest absolute Gasteiger partial charge is 0.416 e. The van der Waals surface area contributed by atoms with Gasteiger partial charge in [-0.3, -0.25) is 0 Å². The molecule has 0 bridgehead atoms. The van der Waals surface area contributed by atoms with Crippen molar-refractivity contribution < 1.29 is 26.3 Å². The lowest BCUT2D eigenvalue weighted by molar-refractivity contribution is -0.143. The highest BCUT2D eigenvalue weighted by Crippen LogP contribution is 2.37. The molecule has 2 nitrogen and oxygen atoms in total. The molecule has 0 amide bonds. The zero-order valence-corrected chi connectivity index (χ0v) is 10.6. The van der Waals surface area contributed by atoms with Crippen molar-refractivity contribution in [2.24, 2.45) is 5.73 Å². The Morgan fingerprint density at radius 3 is 1.80 bits per heavy atom. The third kappa shape index (κ3) is 4.38. The van der Waals surface area contributed by atoms with Crippen molar-refractivity contribution >= 4 is 0 Å². The van der Waals surface area contributed by atoms with Crippen LogP contribution in [0.15, 0.2) is 18.2 Å². The topological polar surface area (TPSA) is 38.0 Å². The summed E-state index contributed by atoms with van der Waals surface area (Å²) in [6, 6.07) is 0.869. The number of nitrogens with two attached hydrogens (primary N) is 1. The van der Waals surface area contributed by atoms with Gasteiger partial charge in [-0.25, -0.2) is 0 Å². The van der Waals surface area contributed by atoms with Crippen LogP contribution in [0.2, 0.25) is 0 Å². The van der Waals surface area contributed by atoms with Gasteiger partial charge in [0.15, 0.2) is 0 Å². The van der Waals surface area contributed by atoms with Crippen LogP contribution in [0.5, 0.6) is 0 Å². The summed E-state index contributed by atoms with van der Waals surface area (Å²) in [7, 11) is 0. The van der Waals surface area contributed by atoms with Gasteiger partial charge in [0.1, 0.15) is 0 Å². The second kappa shape index (κ2) is 6.01. The third-order valence-corrected chi connectivity index (χ3v) is 2.70. The Balaban J connectivity index is 3.24. The summed E-state index contributed by atoms with van der Waals surface area (Å²) in [6.45, 7) is 2.00. The van der Waals surface area contributed by atoms with E-state index in [2.05, 4.69) is 5.32 Å². The van der Waals surface area contributed by atoms with Crippen molar-refractivity contribution in [2.75, 3.05) is 13.1 Å². The van der Waals surface area contributed by atoms with Gasteiger partial charge in [0, 0.05) is 19.1 Å². The van der Waals surface area contributed by atoms with E-state index in [9.17, 15) is 26.3 Å². The number of hydrogen-bond acceptors (Lipinski definition) is 2. The van der Waals surface area contributed by atoms with Crippen molar-refractivity contribution in [3.8, 4) is 0 Å². The van der Waals surface area contributed by atoms with Crippen LogP contribution in [0.3, 0.4) is 0 Å². The number of benzene rings is 1. The minimum absolute atomic E-state index is 0.0828. The van der Waals surface area contributed by atoms with Crippen LogP contribution in [-0.2, 0) is 12.4 Å². The summed E-state index contributed by atoms with van der Waals surface area (Å²) in [5, 5.41) is 2.75. The summed E-state index contributed by atoms with van der Waals surface area (Å²) in [4.78, 5) is 0. The highest BCUT2D eigenvalue weighted by molar-refractivity contribution is 5.35. The first-order chi connectivity index (χ1) is 9.05. The fraction of sp³-hybridized carbons (Fsp3) is 0.500. The molecule has 0 saturated carbocycles. The first-order valence-corrected chi connectivity index (χ1v) is 5.78. The lowest BCUT2D eigenvalue weighted by atomic mass is 10.0. The van der Waals surface area contributed by atoms with Crippen LogP contribution in [0, 0.1) is 0 Å². The molecule has 0 radical (unpaired) electrons. The summed E-state index contributed by atoms with van der Waals surface area (Å²) in [6.07, 6.45) is -9.66. The zero-order valence-electron chi connectivity index (χ0n) is 10.6. The first kappa shape index (κ1) is 16.8. The normalized spacial score (nSPS) is 14.4. The number of nitrogens with one attached hydrogen (secondary N) is 1. The Bertz CT molecular complexity index is 420. The maximum Gasteiger partial charge on any atom is 0.416 e. The average Bonchev–Trinajstić information content (AvgIpc) is 2.33. The van der Waals surface area contributed by atoms with E-state index in [0.717, 1.165) is 0 Å². The van der Waals surface area contributed by atoms with E-state index in [1.165, 1.54) is 6.92 Å². The van der Waals surface area contributed by atoms with Gasteiger partial charge in [0.05, 0.1) is 11.1 Å². The Hall–Kier alpha value is -1.28. The number of rotatable bonds is 4. The molecule has 0 aromatic heterocycles. The molecule has 0 saturated heterocycles. The minimum Gasteiger partial charge on any atom is -0.329 e. The highest BCUT2D eigenvalue weighted by atomic mass is 19.4. The maximum absolute atomic E-state index is 12.6. The molecule has 0 fully saturated rings. The molecule has 0 spiro atoms. The van der Waals surface area contributed by atoms with E-state index >= 15 is 0 Å². The van der Waals surface area contributed by atoms with Crippen LogP contribution in [0.1, 0.15) is 29.7 Å². The lowest BCUT2D eigenvalue weighted by Crippen LogP contribution is -2.26.